The molecule has 2 aromatic carbocycles. The first-order valence-corrected chi connectivity index (χ1v) is 27.0. The van der Waals surface area contributed by atoms with Gasteiger partial charge in [-0.15, -0.1) is 15.3 Å². The Hall–Kier alpha value is -9.57. The highest BCUT2D eigenvalue weighted by Crippen LogP contribution is 2.30. The second-order valence-corrected chi connectivity index (χ2v) is 20.5. The van der Waals surface area contributed by atoms with E-state index >= 15 is 0 Å². The highest BCUT2D eigenvalue weighted by molar-refractivity contribution is 7.17. The number of carbonyl (C=O) groups is 1. The number of nitrogens with one attached hydrogen (secondary N) is 2. The Kier molecular flexibility index (Phi) is 14.6. The number of fused-ring (bicyclic) bond motifs is 6. The second-order valence-electron chi connectivity index (χ2n) is 18.6. The van der Waals surface area contributed by atoms with E-state index in [2.05, 4.69) is 50.1 Å². The molecule has 82 heavy (non-hydrogen) atoms. The summed E-state index contributed by atoms with van der Waals surface area (Å²) in [5.41, 5.74) is 17.1. The maximum absolute atomic E-state index is 14.9. The van der Waals surface area contributed by atoms with Crippen LogP contribution in [-0.2, 0) is 24.5 Å². The van der Waals surface area contributed by atoms with E-state index in [0.29, 0.717) is 151 Å². The Morgan fingerprint density at radius 2 is 1.13 bits per heavy atom. The molecule has 2 fully saturated rings. The van der Waals surface area contributed by atoms with Crippen LogP contribution in [0.2, 0.25) is 0 Å². The molecular formula is C49H48F2N20O9S2. The van der Waals surface area contributed by atoms with E-state index in [4.69, 9.17) is 40.0 Å². The smallest absolute Gasteiger partial charge is 0.434 e. The molecule has 424 valence electrons. The van der Waals surface area contributed by atoms with E-state index in [0.717, 1.165) is 22.7 Å². The minimum Gasteiger partial charge on any atom is -0.484 e. The van der Waals surface area contributed by atoms with Crippen LogP contribution < -0.4 is 57.5 Å². The number of hydrazine groups is 1. The summed E-state index contributed by atoms with van der Waals surface area (Å²) in [5.74, 6) is 5.52. The molecule has 11 heterocycles. The summed E-state index contributed by atoms with van der Waals surface area (Å²) < 4.78 is 63.2. The van der Waals surface area contributed by atoms with Crippen molar-refractivity contribution < 1.29 is 36.3 Å². The zero-order valence-corrected chi connectivity index (χ0v) is 44.6. The van der Waals surface area contributed by atoms with E-state index in [9.17, 15) is 28.0 Å². The number of nitrogen functional groups attached to an aromatic ring is 2. The zero-order chi connectivity index (χ0) is 56.6. The molecule has 9 aromatic heterocycles. The highest BCUT2D eigenvalue weighted by atomic mass is 32.1. The molecule has 2 aliphatic rings. The third kappa shape index (κ3) is 10.8. The fourth-order valence-electron chi connectivity index (χ4n) is 9.51. The van der Waals surface area contributed by atoms with Gasteiger partial charge in [0.2, 0.25) is 23.5 Å². The van der Waals surface area contributed by atoms with Crippen molar-refractivity contribution in [3.8, 4) is 34.7 Å². The number of hydrogen-bond donors (Lipinski definition) is 5. The fourth-order valence-corrected chi connectivity index (χ4v) is 11.4. The first-order valence-electron chi connectivity index (χ1n) is 25.4. The average Bonchev–Trinajstić information content (AvgIpc) is 3.95. The summed E-state index contributed by atoms with van der Waals surface area (Å²) in [6, 6.07) is 16.1. The van der Waals surface area contributed by atoms with E-state index in [1.165, 1.54) is 33.7 Å². The number of carbonyl (C=O) groups excluding carboxylic acids is 1. The zero-order valence-electron chi connectivity index (χ0n) is 43.0. The van der Waals surface area contributed by atoms with Crippen LogP contribution in [0.15, 0.2) is 101 Å². The fraction of sp³-hybridized carbons (Fsp3) is 0.286. The first-order chi connectivity index (χ1) is 39.8. The number of nitrogens with two attached hydrogens (primary N) is 3. The number of aromatic nitrogens is 12. The van der Waals surface area contributed by atoms with Crippen molar-refractivity contribution in [2.75, 3.05) is 93.3 Å². The number of nitrogens with zero attached hydrogens (tertiary/aromatic N) is 15. The van der Waals surface area contributed by atoms with Gasteiger partial charge in [0, 0.05) is 90.7 Å². The van der Waals surface area contributed by atoms with Crippen molar-refractivity contribution in [3.05, 3.63) is 121 Å². The number of hydrogen-bond acceptors (Lipinski definition) is 25. The summed E-state index contributed by atoms with van der Waals surface area (Å²) in [6.07, 6.45) is 3.06. The number of halogens is 2. The van der Waals surface area contributed by atoms with Crippen LogP contribution in [0.25, 0.3) is 55.2 Å². The maximum atomic E-state index is 14.9. The number of benzene rings is 2. The van der Waals surface area contributed by atoms with Gasteiger partial charge >= 0.3 is 15.5 Å². The maximum Gasteiger partial charge on any atom is 0.434 e. The second kappa shape index (κ2) is 22.5. The van der Waals surface area contributed by atoms with Gasteiger partial charge in [-0.1, -0.05) is 22.7 Å². The van der Waals surface area contributed by atoms with Crippen LogP contribution in [0.4, 0.5) is 32.1 Å². The predicted octanol–water partition coefficient (Wildman–Crippen LogP) is 2.23. The Morgan fingerprint density at radius 3 is 1.56 bits per heavy atom. The van der Waals surface area contributed by atoms with Crippen LogP contribution in [0.1, 0.15) is 5.89 Å². The van der Waals surface area contributed by atoms with Gasteiger partial charge in [-0.25, -0.2) is 34.5 Å². The van der Waals surface area contributed by atoms with Gasteiger partial charge in [0.1, 0.15) is 32.5 Å². The van der Waals surface area contributed by atoms with Gasteiger partial charge in [-0.05, 0) is 48.5 Å². The molecule has 0 unspecified atom stereocenters. The number of piperazine rings is 2. The van der Waals surface area contributed by atoms with Crippen molar-refractivity contribution in [2.45, 2.75) is 19.7 Å². The molecule has 29 nitrogen and oxygen atoms in total. The molecule has 11 aromatic rings. The number of furan rings is 2. The van der Waals surface area contributed by atoms with Crippen LogP contribution in [0.5, 0.6) is 11.5 Å². The van der Waals surface area contributed by atoms with Crippen LogP contribution in [-0.4, -0.2) is 146 Å². The van der Waals surface area contributed by atoms with Crippen molar-refractivity contribution >= 4 is 83.8 Å². The monoisotopic (exact) mass is 1160 g/mol. The normalized spacial score (nSPS) is 14.3. The number of amides is 1. The minimum absolute atomic E-state index is 0.0728. The molecule has 13 rings (SSSR count). The molecule has 0 radical (unpaired) electrons. The molecule has 2 saturated heterocycles. The van der Waals surface area contributed by atoms with Gasteiger partial charge in [-0.3, -0.25) is 38.7 Å². The summed E-state index contributed by atoms with van der Waals surface area (Å²) in [7, 11) is 0. The van der Waals surface area contributed by atoms with Crippen molar-refractivity contribution in [2.24, 2.45) is 5.84 Å². The highest BCUT2D eigenvalue weighted by Gasteiger charge is 2.26. The topological polar surface area (TPSA) is 354 Å². The summed E-state index contributed by atoms with van der Waals surface area (Å²) in [5, 5.41) is 14.6. The quantitative estimate of drug-likeness (QED) is 0.0526. The molecule has 1 amide bonds. The standard InChI is InChI=1S/C25H23FN10O5S.C24H25FN10O4S/c26-15-12-14(40-13-18-30-31-24(37)41-18)3-4-16(15)34-8-5-33(6-9-34)7-10-35-21-19(42-25(35)38)22-28-20(17-2-1-11-39-17)32-36(22)23(27)29-21;25-15-12-14(39-13-18(36)30-27)3-4-16(15)33-8-5-32(6-9-33)7-10-34-21-19(40-24(34)37)22-28-20(17-2-1-11-38-17)31-35(22)23(26)29-21/h1-4,11-12H,5-10,13H2,(H2,27,29)(H,31,37);1-4,11-12H,5-10,13,27H2,(H2,26,29)(H,30,36). The number of H-pyrrole nitrogens is 1. The van der Waals surface area contributed by atoms with Crippen molar-refractivity contribution in [1.82, 2.24) is 73.7 Å². The van der Waals surface area contributed by atoms with Gasteiger partial charge in [0.25, 0.3) is 11.8 Å². The lowest BCUT2D eigenvalue weighted by molar-refractivity contribution is -0.123. The van der Waals surface area contributed by atoms with Crippen LogP contribution in [0.3, 0.4) is 0 Å². The van der Waals surface area contributed by atoms with E-state index in [1.54, 1.807) is 57.7 Å². The third-order valence-electron chi connectivity index (χ3n) is 13.6. The Balaban J connectivity index is 0.000000162. The lowest BCUT2D eigenvalue weighted by Gasteiger charge is -2.36. The molecule has 0 saturated carbocycles. The number of rotatable bonds is 16. The molecule has 8 N–H and O–H groups in total. The van der Waals surface area contributed by atoms with Gasteiger partial charge in [-0.2, -0.15) is 19.0 Å². The largest absolute Gasteiger partial charge is 0.484 e. The molecular weight excluding hydrogens is 1110 g/mol. The Morgan fingerprint density at radius 1 is 0.646 bits per heavy atom. The molecule has 0 aliphatic carbocycles. The average molecular weight is 1160 g/mol. The van der Waals surface area contributed by atoms with Gasteiger partial charge in [0.05, 0.1) is 23.9 Å². The van der Waals surface area contributed by atoms with Crippen molar-refractivity contribution in [3.63, 3.8) is 0 Å². The van der Waals surface area contributed by atoms with Crippen LogP contribution >= 0.6 is 22.7 Å². The summed E-state index contributed by atoms with van der Waals surface area (Å²) in [4.78, 5) is 74.1. The minimum atomic E-state index is -0.681. The van der Waals surface area contributed by atoms with Gasteiger partial charge < -0.3 is 44.0 Å². The number of aromatic amines is 1. The van der Waals surface area contributed by atoms with E-state index < -0.39 is 23.3 Å². The first kappa shape index (κ1) is 53.1. The Bertz CT molecular complexity index is 4280. The lowest BCUT2D eigenvalue weighted by Crippen LogP contribution is -2.47. The number of ether oxygens (including phenoxy) is 2. The summed E-state index contributed by atoms with van der Waals surface area (Å²) >= 11 is 2.10. The molecule has 2 aliphatic heterocycles. The Labute approximate surface area is 466 Å². The predicted molar refractivity (Wildman–Crippen MR) is 294 cm³/mol. The van der Waals surface area contributed by atoms with Crippen molar-refractivity contribution in [1.29, 1.82) is 0 Å². The molecule has 0 spiro atoms. The van der Waals surface area contributed by atoms with Gasteiger partial charge in [0.15, 0.2) is 47.3 Å². The lowest BCUT2D eigenvalue weighted by atomic mass is 10.2. The number of thiazole rings is 2. The summed E-state index contributed by atoms with van der Waals surface area (Å²) in [6.45, 7) is 6.80. The van der Waals surface area contributed by atoms with Crippen LogP contribution in [0, 0.1) is 11.6 Å². The third-order valence-corrected chi connectivity index (χ3v) is 15.6. The molecule has 33 heteroatoms. The van der Waals surface area contributed by atoms with E-state index in [-0.39, 0.29) is 46.5 Å². The van der Waals surface area contributed by atoms with E-state index in [1.807, 2.05) is 15.2 Å². The molecule has 0 atom stereocenters. The SMILES string of the molecule is NNC(=O)COc1ccc(N2CCN(CCn3c(=O)sc4c3nc(N)n3nc(-c5ccco5)nc43)CC2)c(F)c1.Nc1nc2c(sc(=O)n2CCN2CCN(c3ccc(OCc4n[nH]c(=O)o4)cc3F)CC2)c2nc(-c3ccco3)nn12. The number of anilines is 4. The molecule has 0 bridgehead atoms.